The maximum Gasteiger partial charge on any atom is 0.169 e. The SMILES string of the molecule is Cn1cccc1CNc1ccon1. The molecule has 2 rings (SSSR count). The smallest absolute Gasteiger partial charge is 0.169 e. The van der Waals surface area contributed by atoms with E-state index in [1.54, 1.807) is 12.3 Å². The third-order valence-electron chi connectivity index (χ3n) is 1.94. The van der Waals surface area contributed by atoms with Gasteiger partial charge in [-0.05, 0) is 12.1 Å². The van der Waals surface area contributed by atoms with E-state index in [1.807, 2.05) is 19.3 Å². The van der Waals surface area contributed by atoms with Gasteiger partial charge in [0, 0.05) is 25.0 Å². The van der Waals surface area contributed by atoms with Crippen LogP contribution in [0, 0.1) is 0 Å². The maximum atomic E-state index is 4.70. The van der Waals surface area contributed by atoms with E-state index in [1.165, 1.54) is 5.69 Å². The van der Waals surface area contributed by atoms with E-state index in [0.29, 0.717) is 0 Å². The molecular formula is C9H11N3O. The lowest BCUT2D eigenvalue weighted by Gasteiger charge is -2.03. The van der Waals surface area contributed by atoms with Gasteiger partial charge in [0.2, 0.25) is 0 Å². The lowest BCUT2D eigenvalue weighted by atomic mass is 10.4. The molecule has 4 heteroatoms. The van der Waals surface area contributed by atoms with E-state index < -0.39 is 0 Å². The quantitative estimate of drug-likeness (QED) is 0.774. The molecular weight excluding hydrogens is 166 g/mol. The van der Waals surface area contributed by atoms with Crippen molar-refractivity contribution in [3.05, 3.63) is 36.4 Å². The van der Waals surface area contributed by atoms with Gasteiger partial charge in [0.15, 0.2) is 5.82 Å². The monoisotopic (exact) mass is 177 g/mol. The Morgan fingerprint density at radius 1 is 1.54 bits per heavy atom. The van der Waals surface area contributed by atoms with E-state index in [9.17, 15) is 0 Å². The fourth-order valence-electron chi connectivity index (χ4n) is 1.16. The molecule has 68 valence electrons. The van der Waals surface area contributed by atoms with Crippen molar-refractivity contribution in [1.29, 1.82) is 0 Å². The Bertz CT molecular complexity index is 364. The Morgan fingerprint density at radius 2 is 2.46 bits per heavy atom. The molecule has 0 spiro atoms. The average molecular weight is 177 g/mol. The van der Waals surface area contributed by atoms with Crippen LogP contribution in [-0.2, 0) is 13.6 Å². The second-order valence-corrected chi connectivity index (χ2v) is 2.85. The fourth-order valence-corrected chi connectivity index (χ4v) is 1.16. The summed E-state index contributed by atoms with van der Waals surface area (Å²) in [5.41, 5.74) is 1.21. The lowest BCUT2D eigenvalue weighted by Crippen LogP contribution is -2.03. The van der Waals surface area contributed by atoms with Crippen molar-refractivity contribution in [3.63, 3.8) is 0 Å². The lowest BCUT2D eigenvalue weighted by molar-refractivity contribution is 0.422. The van der Waals surface area contributed by atoms with Crippen LogP contribution in [-0.4, -0.2) is 9.72 Å². The molecule has 0 aliphatic heterocycles. The first kappa shape index (κ1) is 7.91. The van der Waals surface area contributed by atoms with Crippen molar-refractivity contribution in [2.45, 2.75) is 6.54 Å². The number of nitrogens with zero attached hydrogens (tertiary/aromatic N) is 2. The molecule has 0 atom stereocenters. The summed E-state index contributed by atoms with van der Waals surface area (Å²) in [6.07, 6.45) is 3.56. The molecule has 0 radical (unpaired) electrons. The molecule has 0 amide bonds. The van der Waals surface area contributed by atoms with Gasteiger partial charge in [-0.25, -0.2) is 0 Å². The summed E-state index contributed by atoms with van der Waals surface area (Å²) in [6, 6.07) is 5.87. The molecule has 1 N–H and O–H groups in total. The summed E-state index contributed by atoms with van der Waals surface area (Å²) in [5, 5.41) is 6.89. The highest BCUT2D eigenvalue weighted by atomic mass is 16.5. The van der Waals surface area contributed by atoms with Crippen LogP contribution < -0.4 is 5.32 Å². The van der Waals surface area contributed by atoms with Crippen LogP contribution >= 0.6 is 0 Å². The minimum absolute atomic E-state index is 0.760. The summed E-state index contributed by atoms with van der Waals surface area (Å²) in [7, 11) is 2.01. The molecule has 2 aromatic heterocycles. The Morgan fingerprint density at radius 3 is 3.08 bits per heavy atom. The summed E-state index contributed by atoms with van der Waals surface area (Å²) >= 11 is 0. The Hall–Kier alpha value is -1.71. The van der Waals surface area contributed by atoms with Crippen LogP contribution in [0.4, 0.5) is 5.82 Å². The average Bonchev–Trinajstić information content (AvgIpc) is 2.72. The van der Waals surface area contributed by atoms with Crippen molar-refractivity contribution in [1.82, 2.24) is 9.72 Å². The predicted molar refractivity (Wildman–Crippen MR) is 49.2 cm³/mol. The first-order chi connectivity index (χ1) is 6.36. The van der Waals surface area contributed by atoms with Gasteiger partial charge < -0.3 is 14.4 Å². The standard InChI is InChI=1S/C9H11N3O/c1-12-5-2-3-8(12)7-10-9-4-6-13-11-9/h2-6H,7H2,1H3,(H,10,11). The van der Waals surface area contributed by atoms with Crippen LogP contribution in [0.3, 0.4) is 0 Å². The second-order valence-electron chi connectivity index (χ2n) is 2.85. The summed E-state index contributed by atoms with van der Waals surface area (Å²) in [4.78, 5) is 0. The highest BCUT2D eigenvalue weighted by Crippen LogP contribution is 2.05. The van der Waals surface area contributed by atoms with Crippen LogP contribution in [0.1, 0.15) is 5.69 Å². The van der Waals surface area contributed by atoms with Crippen molar-refractivity contribution >= 4 is 5.82 Å². The van der Waals surface area contributed by atoms with E-state index in [4.69, 9.17) is 4.52 Å². The molecule has 0 aromatic carbocycles. The minimum Gasteiger partial charge on any atom is -0.363 e. The molecule has 0 fully saturated rings. The normalized spacial score (nSPS) is 10.2. The molecule has 4 nitrogen and oxygen atoms in total. The summed E-state index contributed by atoms with van der Waals surface area (Å²) < 4.78 is 6.76. The van der Waals surface area contributed by atoms with Crippen LogP contribution in [0.15, 0.2) is 35.2 Å². The zero-order valence-corrected chi connectivity index (χ0v) is 7.40. The first-order valence-electron chi connectivity index (χ1n) is 4.11. The summed E-state index contributed by atoms with van der Waals surface area (Å²) in [6.45, 7) is 0.760. The van der Waals surface area contributed by atoms with Crippen LogP contribution in [0.2, 0.25) is 0 Å². The van der Waals surface area contributed by atoms with Crippen molar-refractivity contribution in [2.75, 3.05) is 5.32 Å². The van der Waals surface area contributed by atoms with E-state index >= 15 is 0 Å². The largest absolute Gasteiger partial charge is 0.363 e. The van der Waals surface area contributed by atoms with Gasteiger partial charge >= 0.3 is 0 Å². The van der Waals surface area contributed by atoms with Gasteiger partial charge in [-0.15, -0.1) is 0 Å². The van der Waals surface area contributed by atoms with Crippen molar-refractivity contribution in [2.24, 2.45) is 7.05 Å². The highest BCUT2D eigenvalue weighted by Gasteiger charge is 1.98. The first-order valence-corrected chi connectivity index (χ1v) is 4.11. The second kappa shape index (κ2) is 3.35. The zero-order chi connectivity index (χ0) is 9.10. The van der Waals surface area contributed by atoms with Gasteiger partial charge in [0.25, 0.3) is 0 Å². The topological polar surface area (TPSA) is 43.0 Å². The Kier molecular flexibility index (Phi) is 2.04. The molecule has 0 unspecified atom stereocenters. The Balaban J connectivity index is 1.97. The molecule has 0 bridgehead atoms. The molecule has 2 heterocycles. The van der Waals surface area contributed by atoms with E-state index in [-0.39, 0.29) is 0 Å². The van der Waals surface area contributed by atoms with Gasteiger partial charge in [0.1, 0.15) is 6.26 Å². The summed E-state index contributed by atoms with van der Waals surface area (Å²) in [5.74, 6) is 0.765. The van der Waals surface area contributed by atoms with Gasteiger partial charge in [-0.1, -0.05) is 5.16 Å². The highest BCUT2D eigenvalue weighted by molar-refractivity contribution is 5.31. The van der Waals surface area contributed by atoms with E-state index in [2.05, 4.69) is 21.1 Å². The number of anilines is 1. The third kappa shape index (κ3) is 1.72. The molecule has 2 aromatic rings. The fraction of sp³-hybridized carbons (Fsp3) is 0.222. The van der Waals surface area contributed by atoms with Crippen LogP contribution in [0.5, 0.6) is 0 Å². The van der Waals surface area contributed by atoms with Gasteiger partial charge in [-0.2, -0.15) is 0 Å². The predicted octanol–water partition coefficient (Wildman–Crippen LogP) is 1.63. The minimum atomic E-state index is 0.760. The third-order valence-corrected chi connectivity index (χ3v) is 1.94. The van der Waals surface area contributed by atoms with Gasteiger partial charge in [-0.3, -0.25) is 0 Å². The van der Waals surface area contributed by atoms with Gasteiger partial charge in [0.05, 0.1) is 6.54 Å². The number of hydrogen-bond donors (Lipinski definition) is 1. The van der Waals surface area contributed by atoms with Crippen LogP contribution in [0.25, 0.3) is 0 Å². The van der Waals surface area contributed by atoms with Crippen molar-refractivity contribution in [3.8, 4) is 0 Å². The molecule has 0 aliphatic rings. The van der Waals surface area contributed by atoms with Crippen molar-refractivity contribution < 1.29 is 4.52 Å². The number of rotatable bonds is 3. The van der Waals surface area contributed by atoms with E-state index in [0.717, 1.165) is 12.4 Å². The number of nitrogens with one attached hydrogen (secondary N) is 1. The molecule has 0 saturated carbocycles. The zero-order valence-electron chi connectivity index (χ0n) is 7.40. The Labute approximate surface area is 76.2 Å². The maximum absolute atomic E-state index is 4.70. The number of aromatic nitrogens is 2. The number of aryl methyl sites for hydroxylation is 1. The number of hydrogen-bond acceptors (Lipinski definition) is 3. The molecule has 0 aliphatic carbocycles. The molecule has 0 saturated heterocycles. The molecule has 13 heavy (non-hydrogen) atoms.